The van der Waals surface area contributed by atoms with Crippen molar-refractivity contribution in [3.8, 4) is 0 Å². The van der Waals surface area contributed by atoms with Crippen molar-refractivity contribution >= 4 is 23.3 Å². The summed E-state index contributed by atoms with van der Waals surface area (Å²) >= 11 is 5.69. The number of halogens is 1. The molecule has 0 atom stereocenters. The number of carbonyl (C=O) groups excluding carboxylic acids is 1. The van der Waals surface area contributed by atoms with Crippen LogP contribution in [0.4, 0.5) is 5.82 Å². The summed E-state index contributed by atoms with van der Waals surface area (Å²) in [7, 11) is 1.52. The third kappa shape index (κ3) is 2.33. The summed E-state index contributed by atoms with van der Waals surface area (Å²) < 4.78 is 1.31. The highest BCUT2D eigenvalue weighted by molar-refractivity contribution is 6.18. The van der Waals surface area contributed by atoms with Gasteiger partial charge in [0, 0.05) is 24.5 Å². The van der Waals surface area contributed by atoms with Gasteiger partial charge in [-0.2, -0.15) is 0 Å². The number of carbonyl (C=O) groups is 1. The van der Waals surface area contributed by atoms with Gasteiger partial charge in [-0.1, -0.05) is 0 Å². The highest BCUT2D eigenvalue weighted by atomic mass is 35.5. The van der Waals surface area contributed by atoms with Crippen LogP contribution in [0.2, 0.25) is 0 Å². The minimum atomic E-state index is -0.500. The molecule has 1 fully saturated rings. The maximum atomic E-state index is 12.3. The fourth-order valence-electron chi connectivity index (χ4n) is 1.97. The van der Waals surface area contributed by atoms with Crippen LogP contribution >= 0.6 is 11.6 Å². The Kier molecular flexibility index (Phi) is 3.56. The molecule has 1 aliphatic rings. The third-order valence-corrected chi connectivity index (χ3v) is 3.24. The molecule has 0 bridgehead atoms. The Morgan fingerprint density at radius 1 is 1.61 bits per heavy atom. The van der Waals surface area contributed by atoms with Gasteiger partial charge in [0.1, 0.15) is 0 Å². The van der Waals surface area contributed by atoms with Crippen molar-refractivity contribution in [2.24, 2.45) is 7.05 Å². The van der Waals surface area contributed by atoms with E-state index in [9.17, 15) is 14.9 Å². The number of nitro groups is 1. The van der Waals surface area contributed by atoms with Crippen LogP contribution in [0.25, 0.3) is 0 Å². The topological polar surface area (TPSA) is 68.4 Å². The van der Waals surface area contributed by atoms with Crippen LogP contribution in [0.3, 0.4) is 0 Å². The number of nitrogens with zero attached hydrogens (tertiary/aromatic N) is 3. The maximum Gasteiger partial charge on any atom is 0.323 e. The van der Waals surface area contributed by atoms with Crippen molar-refractivity contribution in [2.75, 3.05) is 12.4 Å². The molecule has 0 radical (unpaired) electrons. The molecule has 0 aromatic carbocycles. The molecule has 0 saturated heterocycles. The molecule has 1 aromatic rings. The quantitative estimate of drug-likeness (QED) is 0.466. The van der Waals surface area contributed by atoms with E-state index in [1.165, 1.54) is 23.7 Å². The van der Waals surface area contributed by atoms with Crippen molar-refractivity contribution in [1.82, 2.24) is 9.47 Å². The van der Waals surface area contributed by atoms with E-state index in [4.69, 9.17) is 11.6 Å². The van der Waals surface area contributed by atoms with Crippen LogP contribution in [-0.2, 0) is 7.05 Å². The maximum absolute atomic E-state index is 12.3. The van der Waals surface area contributed by atoms with E-state index in [0.29, 0.717) is 18.1 Å². The van der Waals surface area contributed by atoms with E-state index in [0.717, 1.165) is 12.8 Å². The van der Waals surface area contributed by atoms with E-state index in [1.807, 2.05) is 0 Å². The zero-order valence-electron chi connectivity index (χ0n) is 10.0. The molecule has 0 aliphatic heterocycles. The first-order chi connectivity index (χ1) is 8.56. The van der Waals surface area contributed by atoms with Crippen molar-refractivity contribution in [3.63, 3.8) is 0 Å². The first-order valence-corrected chi connectivity index (χ1v) is 6.26. The molecule has 1 heterocycles. The normalized spacial score (nSPS) is 14.6. The van der Waals surface area contributed by atoms with Gasteiger partial charge in [-0.15, -0.1) is 11.6 Å². The molecule has 2 rings (SSSR count). The average Bonchev–Trinajstić information content (AvgIpc) is 3.08. The molecule has 6 nitrogen and oxygen atoms in total. The predicted molar refractivity (Wildman–Crippen MR) is 66.8 cm³/mol. The number of aromatic nitrogens is 1. The molecule has 1 aliphatic carbocycles. The van der Waals surface area contributed by atoms with E-state index in [-0.39, 0.29) is 17.8 Å². The molecule has 1 saturated carbocycles. The van der Waals surface area contributed by atoms with E-state index < -0.39 is 4.92 Å². The van der Waals surface area contributed by atoms with Crippen molar-refractivity contribution in [2.45, 2.75) is 18.9 Å². The highest BCUT2D eigenvalue weighted by Crippen LogP contribution is 2.29. The molecule has 98 valence electrons. The summed E-state index contributed by atoms with van der Waals surface area (Å²) in [6.45, 7) is 0.476. The fraction of sp³-hybridized carbons (Fsp3) is 0.545. The Hall–Kier alpha value is -1.56. The van der Waals surface area contributed by atoms with Gasteiger partial charge in [0.15, 0.2) is 5.69 Å². The Balaban J connectivity index is 2.24. The summed E-state index contributed by atoms with van der Waals surface area (Å²) in [4.78, 5) is 24.2. The van der Waals surface area contributed by atoms with E-state index in [2.05, 4.69) is 0 Å². The van der Waals surface area contributed by atoms with Gasteiger partial charge in [-0.3, -0.25) is 4.79 Å². The molecule has 1 amide bonds. The lowest BCUT2D eigenvalue weighted by atomic mass is 10.3. The van der Waals surface area contributed by atoms with Gasteiger partial charge >= 0.3 is 5.82 Å². The average molecular weight is 272 g/mol. The van der Waals surface area contributed by atoms with E-state index in [1.54, 1.807) is 4.90 Å². The first kappa shape index (κ1) is 12.9. The molecule has 7 heteroatoms. The zero-order valence-corrected chi connectivity index (χ0v) is 10.8. The van der Waals surface area contributed by atoms with Crippen LogP contribution in [0.1, 0.15) is 23.3 Å². The first-order valence-electron chi connectivity index (χ1n) is 5.73. The predicted octanol–water partition coefficient (Wildman–Crippen LogP) is 1.78. The summed E-state index contributed by atoms with van der Waals surface area (Å²) in [5, 5.41) is 10.7. The molecule has 0 spiro atoms. The van der Waals surface area contributed by atoms with Crippen LogP contribution in [-0.4, -0.2) is 38.8 Å². The largest absolute Gasteiger partial charge is 0.358 e. The lowest BCUT2D eigenvalue weighted by Crippen LogP contribution is -2.35. The molecular weight excluding hydrogens is 258 g/mol. The lowest BCUT2D eigenvalue weighted by Gasteiger charge is -2.20. The summed E-state index contributed by atoms with van der Waals surface area (Å²) in [5.74, 6) is 0.100. The Labute approximate surface area is 109 Å². The summed E-state index contributed by atoms with van der Waals surface area (Å²) in [5.41, 5.74) is 0.332. The van der Waals surface area contributed by atoms with Crippen LogP contribution in [0.15, 0.2) is 12.1 Å². The summed E-state index contributed by atoms with van der Waals surface area (Å²) in [6, 6.07) is 3.08. The van der Waals surface area contributed by atoms with Gasteiger partial charge in [-0.05, 0) is 23.8 Å². The van der Waals surface area contributed by atoms with Crippen LogP contribution < -0.4 is 0 Å². The number of amides is 1. The molecule has 0 unspecified atom stereocenters. The number of hydrogen-bond acceptors (Lipinski definition) is 3. The van der Waals surface area contributed by atoms with Crippen molar-refractivity contribution in [1.29, 1.82) is 0 Å². The Bertz CT molecular complexity index is 482. The van der Waals surface area contributed by atoms with Crippen LogP contribution in [0.5, 0.6) is 0 Å². The van der Waals surface area contributed by atoms with Gasteiger partial charge in [0.25, 0.3) is 5.91 Å². The molecular formula is C11H14ClN3O3. The van der Waals surface area contributed by atoms with Gasteiger partial charge < -0.3 is 15.0 Å². The number of hydrogen-bond donors (Lipinski definition) is 0. The van der Waals surface area contributed by atoms with E-state index >= 15 is 0 Å². The summed E-state index contributed by atoms with van der Waals surface area (Å²) in [6.07, 6.45) is 1.96. The van der Waals surface area contributed by atoms with Gasteiger partial charge in [0.2, 0.25) is 0 Å². The zero-order chi connectivity index (χ0) is 13.3. The molecule has 1 aromatic heterocycles. The standard InChI is InChI=1S/C11H14ClN3O3/c1-13-9(4-5-10(13)15(17)18)11(16)14(7-6-12)8-2-3-8/h4-5,8H,2-3,6-7H2,1H3. The second-order valence-corrected chi connectivity index (χ2v) is 4.69. The monoisotopic (exact) mass is 271 g/mol. The van der Waals surface area contributed by atoms with Gasteiger partial charge in [0.05, 0.1) is 7.05 Å². The second kappa shape index (κ2) is 4.97. The fourth-order valence-corrected chi connectivity index (χ4v) is 2.16. The van der Waals surface area contributed by atoms with Crippen LogP contribution in [0, 0.1) is 10.1 Å². The Morgan fingerprint density at radius 2 is 2.28 bits per heavy atom. The Morgan fingerprint density at radius 3 is 2.72 bits per heavy atom. The molecule has 0 N–H and O–H groups in total. The highest BCUT2D eigenvalue weighted by Gasteiger charge is 2.35. The van der Waals surface area contributed by atoms with Gasteiger partial charge in [-0.25, -0.2) is 4.57 Å². The lowest BCUT2D eigenvalue weighted by molar-refractivity contribution is -0.391. The second-order valence-electron chi connectivity index (χ2n) is 4.31. The van der Waals surface area contributed by atoms with Crippen molar-refractivity contribution in [3.05, 3.63) is 27.9 Å². The number of rotatable bonds is 5. The van der Waals surface area contributed by atoms with Crippen molar-refractivity contribution < 1.29 is 9.72 Å². The number of alkyl halides is 1. The third-order valence-electron chi connectivity index (χ3n) is 3.08. The minimum Gasteiger partial charge on any atom is -0.358 e. The smallest absolute Gasteiger partial charge is 0.323 e. The SMILES string of the molecule is Cn1c(C(=O)N(CCCl)C2CC2)ccc1[N+](=O)[O-]. The molecule has 18 heavy (non-hydrogen) atoms. The minimum absolute atomic E-state index is 0.0834.